The highest BCUT2D eigenvalue weighted by atomic mass is 19.1. The van der Waals surface area contributed by atoms with Crippen molar-refractivity contribution in [1.29, 1.82) is 0 Å². The van der Waals surface area contributed by atoms with Crippen LogP contribution < -0.4 is 15.5 Å². The van der Waals surface area contributed by atoms with Crippen LogP contribution in [0.3, 0.4) is 0 Å². The molecule has 9 heteroatoms. The van der Waals surface area contributed by atoms with Gasteiger partial charge >= 0.3 is 0 Å². The van der Waals surface area contributed by atoms with Crippen LogP contribution in [0.5, 0.6) is 0 Å². The van der Waals surface area contributed by atoms with Crippen LogP contribution in [0.25, 0.3) is 0 Å². The molecule has 1 unspecified atom stereocenters. The van der Waals surface area contributed by atoms with Crippen LogP contribution in [0.15, 0.2) is 42.5 Å². The molecule has 0 heterocycles. The second kappa shape index (κ2) is 8.86. The summed E-state index contributed by atoms with van der Waals surface area (Å²) in [7, 11) is 1.65. The molecule has 0 saturated heterocycles. The van der Waals surface area contributed by atoms with E-state index in [1.54, 1.807) is 26.1 Å². The molecule has 0 fully saturated rings. The molecule has 2 aromatic carbocycles. The van der Waals surface area contributed by atoms with Crippen molar-refractivity contribution in [2.75, 3.05) is 30.8 Å². The van der Waals surface area contributed by atoms with Gasteiger partial charge in [-0.2, -0.15) is 0 Å². The Morgan fingerprint density at radius 2 is 1.67 bits per heavy atom. The normalized spacial score (nSPS) is 11.5. The first kappa shape index (κ1) is 20.0. The summed E-state index contributed by atoms with van der Waals surface area (Å²) in [6, 6.07) is 9.85. The Balaban J connectivity index is 1.91. The summed E-state index contributed by atoms with van der Waals surface area (Å²) < 4.78 is 12.9. The zero-order chi connectivity index (χ0) is 20.0. The Kier molecular flexibility index (Phi) is 6.56. The van der Waals surface area contributed by atoms with Crippen molar-refractivity contribution in [3.63, 3.8) is 0 Å². The van der Waals surface area contributed by atoms with E-state index in [4.69, 9.17) is 0 Å². The quantitative estimate of drug-likeness (QED) is 0.498. The fourth-order valence-electron chi connectivity index (χ4n) is 2.50. The van der Waals surface area contributed by atoms with Gasteiger partial charge in [0.25, 0.3) is 17.5 Å². The number of nitro groups is 1. The van der Waals surface area contributed by atoms with Gasteiger partial charge in [0.15, 0.2) is 13.1 Å². The second-order valence-corrected chi connectivity index (χ2v) is 6.14. The van der Waals surface area contributed by atoms with Crippen molar-refractivity contribution < 1.29 is 23.8 Å². The van der Waals surface area contributed by atoms with E-state index in [-0.39, 0.29) is 30.4 Å². The molecule has 3 N–H and O–H groups in total. The maximum Gasteiger partial charge on any atom is 0.293 e. The molecule has 142 valence electrons. The third kappa shape index (κ3) is 5.86. The molecule has 0 aliphatic heterocycles. The molecule has 2 amide bonds. The fourth-order valence-corrected chi connectivity index (χ4v) is 2.50. The van der Waals surface area contributed by atoms with Crippen molar-refractivity contribution in [3.05, 3.63) is 64.0 Å². The first-order chi connectivity index (χ1) is 12.8. The van der Waals surface area contributed by atoms with Crippen LogP contribution >= 0.6 is 0 Å². The van der Waals surface area contributed by atoms with E-state index >= 15 is 0 Å². The number of carbonyl (C=O) groups is 2. The number of likely N-dealkylation sites (N-methyl/N-ethyl adjacent to an activating group) is 1. The van der Waals surface area contributed by atoms with Crippen molar-refractivity contribution in [3.8, 4) is 0 Å². The average Bonchev–Trinajstić information content (AvgIpc) is 2.58. The smallest absolute Gasteiger partial charge is 0.293 e. The third-order valence-electron chi connectivity index (χ3n) is 3.76. The van der Waals surface area contributed by atoms with E-state index in [1.165, 1.54) is 30.3 Å². The summed E-state index contributed by atoms with van der Waals surface area (Å²) >= 11 is 0. The number of carbonyl (C=O) groups excluding carboxylic acids is 2. The Morgan fingerprint density at radius 1 is 1.07 bits per heavy atom. The zero-order valence-corrected chi connectivity index (χ0v) is 14.9. The lowest BCUT2D eigenvalue weighted by Gasteiger charge is -2.14. The Morgan fingerprint density at radius 3 is 2.26 bits per heavy atom. The van der Waals surface area contributed by atoms with Crippen LogP contribution in [0.1, 0.15) is 5.56 Å². The Bertz CT molecular complexity index is 855. The van der Waals surface area contributed by atoms with E-state index in [9.17, 15) is 24.1 Å². The molecule has 27 heavy (non-hydrogen) atoms. The second-order valence-electron chi connectivity index (χ2n) is 6.14. The molecule has 0 radical (unpaired) electrons. The van der Waals surface area contributed by atoms with Gasteiger partial charge in [-0.25, -0.2) is 4.39 Å². The standard InChI is InChI=1S/C18H19FN4O4/c1-12-4-3-5-15(23(26)27)18(12)21-17(25)11-22(2)10-16(24)20-14-8-6-13(19)7-9-14/h3-9H,10-11H2,1-2H3,(H,20,24)(H,21,25)/p+1. The summed E-state index contributed by atoms with van der Waals surface area (Å²) in [6.45, 7) is 1.61. The van der Waals surface area contributed by atoms with Gasteiger partial charge in [-0.3, -0.25) is 19.7 Å². The van der Waals surface area contributed by atoms with E-state index < -0.39 is 16.6 Å². The highest BCUT2D eigenvalue weighted by molar-refractivity contribution is 5.95. The average molecular weight is 375 g/mol. The Labute approximate surface area is 155 Å². The largest absolute Gasteiger partial charge is 0.322 e. The van der Waals surface area contributed by atoms with E-state index in [1.807, 2.05) is 0 Å². The molecule has 2 aromatic rings. The molecular formula is C18H20FN4O4+. The maximum atomic E-state index is 12.9. The SMILES string of the molecule is Cc1cccc([N+](=O)[O-])c1NC(=O)C[NH+](C)CC(=O)Nc1ccc(F)cc1. The zero-order valence-electron chi connectivity index (χ0n) is 14.9. The number of aryl methyl sites for hydroxylation is 1. The summed E-state index contributed by atoms with van der Waals surface area (Å²) in [5, 5.41) is 16.2. The van der Waals surface area contributed by atoms with Gasteiger partial charge < -0.3 is 15.5 Å². The minimum atomic E-state index is -0.560. The van der Waals surface area contributed by atoms with Gasteiger partial charge in [-0.1, -0.05) is 12.1 Å². The number of para-hydroxylation sites is 1. The maximum absolute atomic E-state index is 12.9. The van der Waals surface area contributed by atoms with Gasteiger partial charge in [0.1, 0.15) is 11.5 Å². The van der Waals surface area contributed by atoms with Crippen LogP contribution in [0, 0.1) is 22.9 Å². The first-order valence-corrected chi connectivity index (χ1v) is 8.17. The summed E-state index contributed by atoms with van der Waals surface area (Å²) in [5.41, 5.74) is 0.990. The number of nitro benzene ring substituents is 1. The molecular weight excluding hydrogens is 355 g/mol. The molecule has 0 aliphatic rings. The number of anilines is 2. The minimum Gasteiger partial charge on any atom is -0.322 e. The molecule has 0 spiro atoms. The number of halogens is 1. The highest BCUT2D eigenvalue weighted by Gasteiger charge is 2.20. The van der Waals surface area contributed by atoms with Crippen molar-refractivity contribution in [2.45, 2.75) is 6.92 Å². The molecule has 0 saturated carbocycles. The topological polar surface area (TPSA) is 106 Å². The molecule has 0 bridgehead atoms. The van der Waals surface area contributed by atoms with Crippen molar-refractivity contribution in [1.82, 2.24) is 0 Å². The summed E-state index contributed by atoms with van der Waals surface area (Å²) in [4.78, 5) is 35.3. The summed E-state index contributed by atoms with van der Waals surface area (Å²) in [5.74, 6) is -1.19. The number of hydrogen-bond donors (Lipinski definition) is 3. The van der Waals surface area contributed by atoms with Crippen LogP contribution in [-0.2, 0) is 9.59 Å². The third-order valence-corrected chi connectivity index (χ3v) is 3.76. The van der Waals surface area contributed by atoms with Crippen molar-refractivity contribution >= 4 is 28.9 Å². The monoisotopic (exact) mass is 375 g/mol. The van der Waals surface area contributed by atoms with Gasteiger partial charge in [0.2, 0.25) is 0 Å². The van der Waals surface area contributed by atoms with Crippen LogP contribution in [0.2, 0.25) is 0 Å². The van der Waals surface area contributed by atoms with Gasteiger partial charge in [-0.05, 0) is 36.8 Å². The van der Waals surface area contributed by atoms with Gasteiger partial charge in [0, 0.05) is 11.8 Å². The highest BCUT2D eigenvalue weighted by Crippen LogP contribution is 2.27. The number of nitrogens with zero attached hydrogens (tertiary/aromatic N) is 1. The predicted molar refractivity (Wildman–Crippen MR) is 98.1 cm³/mol. The minimum absolute atomic E-state index is 0.000656. The first-order valence-electron chi connectivity index (χ1n) is 8.17. The molecule has 2 rings (SSSR count). The number of benzene rings is 2. The number of quaternary nitrogens is 1. The molecule has 8 nitrogen and oxygen atoms in total. The fraction of sp³-hybridized carbons (Fsp3) is 0.222. The van der Waals surface area contributed by atoms with Crippen LogP contribution in [0.4, 0.5) is 21.5 Å². The van der Waals surface area contributed by atoms with Gasteiger partial charge in [-0.15, -0.1) is 0 Å². The number of nitrogens with one attached hydrogen (secondary N) is 3. The lowest BCUT2D eigenvalue weighted by Crippen LogP contribution is -3.11. The van der Waals surface area contributed by atoms with E-state index in [0.717, 1.165) is 0 Å². The number of hydrogen-bond acceptors (Lipinski definition) is 4. The molecule has 0 aromatic heterocycles. The Hall–Kier alpha value is -3.33. The number of amides is 2. The molecule has 0 aliphatic carbocycles. The van der Waals surface area contributed by atoms with Crippen LogP contribution in [-0.4, -0.2) is 36.9 Å². The summed E-state index contributed by atoms with van der Waals surface area (Å²) in [6.07, 6.45) is 0. The van der Waals surface area contributed by atoms with E-state index in [2.05, 4.69) is 10.6 Å². The van der Waals surface area contributed by atoms with E-state index in [0.29, 0.717) is 16.2 Å². The lowest BCUT2D eigenvalue weighted by molar-refractivity contribution is -0.862. The lowest BCUT2D eigenvalue weighted by atomic mass is 10.1. The van der Waals surface area contributed by atoms with Crippen molar-refractivity contribution in [2.24, 2.45) is 0 Å². The predicted octanol–water partition coefficient (Wildman–Crippen LogP) is 1.13. The van der Waals surface area contributed by atoms with Gasteiger partial charge in [0.05, 0.1) is 12.0 Å². The molecule has 1 atom stereocenters. The number of rotatable bonds is 7.